The van der Waals surface area contributed by atoms with Crippen molar-refractivity contribution in [3.8, 4) is 11.5 Å². The molecule has 0 saturated carbocycles. The molecule has 2 aromatic carbocycles. The van der Waals surface area contributed by atoms with Crippen LogP contribution >= 0.6 is 11.6 Å². The summed E-state index contributed by atoms with van der Waals surface area (Å²) in [6.45, 7) is 4.06. The van der Waals surface area contributed by atoms with Crippen LogP contribution in [0.5, 0.6) is 11.5 Å². The molecule has 0 aromatic heterocycles. The Balaban J connectivity index is 1.13. The number of hydrogen-bond donors (Lipinski definition) is 0. The van der Waals surface area contributed by atoms with Crippen molar-refractivity contribution in [2.45, 2.75) is 0 Å². The van der Waals surface area contributed by atoms with Crippen molar-refractivity contribution >= 4 is 29.1 Å². The van der Waals surface area contributed by atoms with Crippen LogP contribution in [0.25, 0.3) is 0 Å². The number of ether oxygens (including phenoxy) is 2. The lowest BCUT2D eigenvalue weighted by Crippen LogP contribution is -2.59. The van der Waals surface area contributed by atoms with Crippen LogP contribution in [0.15, 0.2) is 42.5 Å². The summed E-state index contributed by atoms with van der Waals surface area (Å²) in [5, 5.41) is 0.720. The molecule has 0 radical (unpaired) electrons. The Morgan fingerprint density at radius 2 is 1.57 bits per heavy atom. The van der Waals surface area contributed by atoms with Crippen LogP contribution in [0.4, 0.5) is 5.69 Å². The highest BCUT2D eigenvalue weighted by Crippen LogP contribution is 2.33. The highest BCUT2D eigenvalue weighted by Gasteiger charge is 2.39. The van der Waals surface area contributed by atoms with Crippen LogP contribution in [0, 0.1) is 5.92 Å². The van der Waals surface area contributed by atoms with E-state index >= 15 is 0 Å². The Bertz CT molecular complexity index is 967. The molecular formula is C22H22ClN3O4. The van der Waals surface area contributed by atoms with E-state index in [4.69, 9.17) is 21.1 Å². The quantitative estimate of drug-likeness (QED) is 0.753. The van der Waals surface area contributed by atoms with Crippen molar-refractivity contribution in [3.05, 3.63) is 53.1 Å². The van der Waals surface area contributed by atoms with Crippen LogP contribution in [-0.2, 0) is 4.79 Å². The Hall–Kier alpha value is -2.93. The van der Waals surface area contributed by atoms with E-state index < -0.39 is 0 Å². The molecule has 2 fully saturated rings. The zero-order valence-corrected chi connectivity index (χ0v) is 17.2. The van der Waals surface area contributed by atoms with Crippen LogP contribution in [0.1, 0.15) is 10.4 Å². The third-order valence-electron chi connectivity index (χ3n) is 5.92. The molecule has 2 amide bonds. The van der Waals surface area contributed by atoms with Gasteiger partial charge in [0, 0.05) is 55.5 Å². The molecule has 0 atom stereocenters. The number of carbonyl (C=O) groups excluding carboxylic acids is 2. The molecule has 3 aliphatic rings. The Morgan fingerprint density at radius 1 is 0.867 bits per heavy atom. The maximum Gasteiger partial charge on any atom is 0.254 e. The molecule has 8 heteroatoms. The predicted molar refractivity (Wildman–Crippen MR) is 112 cm³/mol. The average molecular weight is 428 g/mol. The highest BCUT2D eigenvalue weighted by molar-refractivity contribution is 6.30. The number of likely N-dealkylation sites (tertiary alicyclic amines) is 1. The molecule has 0 N–H and O–H groups in total. The van der Waals surface area contributed by atoms with Gasteiger partial charge in [0.15, 0.2) is 11.5 Å². The molecule has 0 spiro atoms. The molecule has 3 aliphatic heterocycles. The first-order chi connectivity index (χ1) is 14.6. The third kappa shape index (κ3) is 3.54. The van der Waals surface area contributed by atoms with Gasteiger partial charge in [-0.1, -0.05) is 11.6 Å². The molecular weight excluding hydrogens is 406 g/mol. The summed E-state index contributed by atoms with van der Waals surface area (Å²) in [5.41, 5.74) is 1.68. The van der Waals surface area contributed by atoms with Crippen LogP contribution in [0.2, 0.25) is 5.02 Å². The number of halogens is 1. The molecule has 0 bridgehead atoms. The minimum Gasteiger partial charge on any atom is -0.454 e. The summed E-state index contributed by atoms with van der Waals surface area (Å²) >= 11 is 5.96. The molecule has 0 unspecified atom stereocenters. The zero-order chi connectivity index (χ0) is 20.7. The minimum absolute atomic E-state index is 0.0788. The number of nitrogens with zero attached hydrogens (tertiary/aromatic N) is 3. The summed E-state index contributed by atoms with van der Waals surface area (Å²) in [7, 11) is 0. The number of benzene rings is 2. The van der Waals surface area contributed by atoms with E-state index in [1.165, 1.54) is 0 Å². The van der Waals surface area contributed by atoms with Gasteiger partial charge in [-0.2, -0.15) is 0 Å². The van der Waals surface area contributed by atoms with Gasteiger partial charge >= 0.3 is 0 Å². The Morgan fingerprint density at radius 3 is 2.30 bits per heavy atom. The Labute approximate surface area is 179 Å². The van der Waals surface area contributed by atoms with Gasteiger partial charge in [0.2, 0.25) is 12.7 Å². The van der Waals surface area contributed by atoms with Gasteiger partial charge in [0.05, 0.1) is 5.92 Å². The van der Waals surface area contributed by atoms with Crippen molar-refractivity contribution in [2.75, 3.05) is 51.0 Å². The minimum atomic E-state index is -0.120. The van der Waals surface area contributed by atoms with Crippen molar-refractivity contribution in [2.24, 2.45) is 5.92 Å². The topological polar surface area (TPSA) is 62.3 Å². The van der Waals surface area contributed by atoms with Crippen molar-refractivity contribution in [1.82, 2.24) is 9.80 Å². The smallest absolute Gasteiger partial charge is 0.254 e. The number of piperazine rings is 1. The standard InChI is InChI=1S/C22H22ClN3O4/c23-17-2-4-18(5-3-17)24-7-9-25(10-8-24)22(28)16-12-26(13-16)21(27)15-1-6-19-20(11-15)30-14-29-19/h1-6,11,16H,7-10,12-14H2. The number of anilines is 1. The number of fused-ring (bicyclic) bond motifs is 1. The molecule has 2 aromatic rings. The maximum atomic E-state index is 12.8. The van der Waals surface area contributed by atoms with E-state index in [1.807, 2.05) is 29.2 Å². The number of amides is 2. The van der Waals surface area contributed by atoms with Crippen LogP contribution in [0.3, 0.4) is 0 Å². The van der Waals surface area contributed by atoms with Crippen molar-refractivity contribution in [3.63, 3.8) is 0 Å². The van der Waals surface area contributed by atoms with Crippen LogP contribution in [-0.4, -0.2) is 67.7 Å². The molecule has 156 valence electrons. The lowest BCUT2D eigenvalue weighted by atomic mass is 9.96. The molecule has 7 nitrogen and oxygen atoms in total. The first-order valence-electron chi connectivity index (χ1n) is 10.1. The van der Waals surface area contributed by atoms with Gasteiger partial charge < -0.3 is 24.2 Å². The molecule has 3 heterocycles. The van der Waals surface area contributed by atoms with Gasteiger partial charge in [-0.05, 0) is 42.5 Å². The first-order valence-corrected chi connectivity index (χ1v) is 10.4. The maximum absolute atomic E-state index is 12.8. The summed E-state index contributed by atoms with van der Waals surface area (Å²) < 4.78 is 10.6. The van der Waals surface area contributed by atoms with Gasteiger partial charge in [-0.25, -0.2) is 0 Å². The molecule has 5 rings (SSSR count). The number of rotatable bonds is 3. The van der Waals surface area contributed by atoms with Gasteiger partial charge in [0.25, 0.3) is 5.91 Å². The zero-order valence-electron chi connectivity index (χ0n) is 16.4. The van der Waals surface area contributed by atoms with E-state index in [0.717, 1.165) is 23.8 Å². The average Bonchev–Trinajstić information content (AvgIpc) is 3.21. The van der Waals surface area contributed by atoms with Gasteiger partial charge in [-0.15, -0.1) is 0 Å². The van der Waals surface area contributed by atoms with Crippen LogP contribution < -0.4 is 14.4 Å². The lowest BCUT2D eigenvalue weighted by molar-refractivity contribution is -0.140. The largest absolute Gasteiger partial charge is 0.454 e. The fourth-order valence-electron chi connectivity index (χ4n) is 4.11. The summed E-state index contributed by atoms with van der Waals surface area (Å²) in [4.78, 5) is 31.4. The second-order valence-electron chi connectivity index (χ2n) is 7.76. The molecule has 0 aliphatic carbocycles. The van der Waals surface area contributed by atoms with E-state index in [9.17, 15) is 9.59 Å². The summed E-state index contributed by atoms with van der Waals surface area (Å²) in [5.74, 6) is 1.18. The first kappa shape index (κ1) is 19.1. The second kappa shape index (κ2) is 7.72. The van der Waals surface area contributed by atoms with E-state index in [-0.39, 0.29) is 24.5 Å². The molecule has 30 heavy (non-hydrogen) atoms. The normalized spacial score (nSPS) is 18.4. The van der Waals surface area contributed by atoms with Gasteiger partial charge in [-0.3, -0.25) is 9.59 Å². The van der Waals surface area contributed by atoms with E-state index in [2.05, 4.69) is 4.90 Å². The molecule has 2 saturated heterocycles. The fourth-order valence-corrected chi connectivity index (χ4v) is 4.23. The van der Waals surface area contributed by atoms with E-state index in [1.54, 1.807) is 23.1 Å². The number of carbonyl (C=O) groups is 2. The monoisotopic (exact) mass is 427 g/mol. The van der Waals surface area contributed by atoms with Crippen molar-refractivity contribution in [1.29, 1.82) is 0 Å². The Kier molecular flexibility index (Phi) is 4.90. The highest BCUT2D eigenvalue weighted by atomic mass is 35.5. The summed E-state index contributed by atoms with van der Waals surface area (Å²) in [6.07, 6.45) is 0. The van der Waals surface area contributed by atoms with Gasteiger partial charge in [0.1, 0.15) is 0 Å². The lowest BCUT2D eigenvalue weighted by Gasteiger charge is -2.43. The summed E-state index contributed by atoms with van der Waals surface area (Å²) in [6, 6.07) is 13.0. The number of hydrogen-bond acceptors (Lipinski definition) is 5. The third-order valence-corrected chi connectivity index (χ3v) is 6.17. The predicted octanol–water partition coefficient (Wildman–Crippen LogP) is 2.49. The second-order valence-corrected chi connectivity index (χ2v) is 8.20. The SMILES string of the molecule is O=C(c1ccc2c(c1)OCO2)N1CC(C(=O)N2CCN(c3ccc(Cl)cc3)CC2)C1. The van der Waals surface area contributed by atoms with Crippen molar-refractivity contribution < 1.29 is 19.1 Å². The van der Waals surface area contributed by atoms with E-state index in [0.29, 0.717) is 43.2 Å². The fraction of sp³-hybridized carbons (Fsp3) is 0.364.